The van der Waals surface area contributed by atoms with Gasteiger partial charge in [0.2, 0.25) is 0 Å². The van der Waals surface area contributed by atoms with Gasteiger partial charge in [-0.1, -0.05) is 30.3 Å². The molecule has 0 aromatic heterocycles. The molecular weight excluding hydrogens is 214 g/mol. The Kier molecular flexibility index (Phi) is 4.71. The minimum atomic E-state index is -1.52. The zero-order chi connectivity index (χ0) is 12.2. The van der Waals surface area contributed by atoms with E-state index in [9.17, 15) is 0 Å². The number of nitrogens with one attached hydrogen (secondary N) is 1. The summed E-state index contributed by atoms with van der Waals surface area (Å²) in [5.41, 5.74) is 1.26. The molecular formula is C13H23NOSi. The number of rotatable bonds is 5. The van der Waals surface area contributed by atoms with Crippen LogP contribution in [0.5, 0.6) is 0 Å². The molecule has 2 atom stereocenters. The summed E-state index contributed by atoms with van der Waals surface area (Å²) in [7, 11) is 0.458. The van der Waals surface area contributed by atoms with E-state index in [1.54, 1.807) is 0 Å². The SMILES string of the molecule is CN[C@@H](C)[C@@H](O[Si](C)(C)C)c1ccccc1. The number of likely N-dealkylation sites (N-methyl/N-ethyl adjacent to an activating group) is 1. The van der Waals surface area contributed by atoms with E-state index in [4.69, 9.17) is 4.43 Å². The molecule has 0 aliphatic heterocycles. The molecule has 0 bridgehead atoms. The van der Waals surface area contributed by atoms with Crippen molar-refractivity contribution >= 4 is 8.32 Å². The largest absolute Gasteiger partial charge is 0.409 e. The van der Waals surface area contributed by atoms with E-state index in [0.717, 1.165) is 0 Å². The second-order valence-electron chi connectivity index (χ2n) is 5.14. The predicted molar refractivity (Wildman–Crippen MR) is 72.1 cm³/mol. The van der Waals surface area contributed by atoms with Crippen LogP contribution < -0.4 is 5.32 Å². The highest BCUT2D eigenvalue weighted by atomic mass is 28.4. The van der Waals surface area contributed by atoms with Crippen LogP contribution in [0.3, 0.4) is 0 Å². The Bertz CT molecular complexity index is 307. The third-order valence-corrected chi connectivity index (χ3v) is 3.48. The highest BCUT2D eigenvalue weighted by Gasteiger charge is 2.25. The standard InChI is InChI=1S/C13H23NOSi/c1-11(14-2)13(15-16(3,4)5)12-9-7-6-8-10-12/h6-11,13-14H,1-5H3/t11-,13+/m0/s1. The lowest BCUT2D eigenvalue weighted by atomic mass is 10.0. The molecule has 0 saturated carbocycles. The molecule has 0 saturated heterocycles. The van der Waals surface area contributed by atoms with Gasteiger partial charge in [0.05, 0.1) is 6.10 Å². The normalized spacial score (nSPS) is 15.8. The van der Waals surface area contributed by atoms with Crippen molar-refractivity contribution in [3.63, 3.8) is 0 Å². The van der Waals surface area contributed by atoms with Gasteiger partial charge in [-0.3, -0.25) is 0 Å². The van der Waals surface area contributed by atoms with Gasteiger partial charge in [0.15, 0.2) is 8.32 Å². The Hall–Kier alpha value is -0.643. The molecule has 16 heavy (non-hydrogen) atoms. The van der Waals surface area contributed by atoms with Gasteiger partial charge in [-0.25, -0.2) is 0 Å². The van der Waals surface area contributed by atoms with Crippen molar-refractivity contribution in [2.45, 2.75) is 38.7 Å². The summed E-state index contributed by atoms with van der Waals surface area (Å²) in [5.74, 6) is 0. The zero-order valence-electron chi connectivity index (χ0n) is 10.9. The lowest BCUT2D eigenvalue weighted by molar-refractivity contribution is 0.159. The summed E-state index contributed by atoms with van der Waals surface area (Å²) in [4.78, 5) is 0. The molecule has 0 heterocycles. The van der Waals surface area contributed by atoms with Gasteiger partial charge in [-0.15, -0.1) is 0 Å². The van der Waals surface area contributed by atoms with Crippen molar-refractivity contribution in [1.82, 2.24) is 5.32 Å². The molecule has 1 N–H and O–H groups in total. The second-order valence-corrected chi connectivity index (χ2v) is 9.60. The molecule has 2 nitrogen and oxygen atoms in total. The van der Waals surface area contributed by atoms with Crippen LogP contribution in [0.25, 0.3) is 0 Å². The number of benzene rings is 1. The van der Waals surface area contributed by atoms with Crippen molar-refractivity contribution in [3.8, 4) is 0 Å². The van der Waals surface area contributed by atoms with Gasteiger partial charge in [0, 0.05) is 6.04 Å². The maximum absolute atomic E-state index is 6.25. The first-order valence-corrected chi connectivity index (χ1v) is 9.25. The Morgan fingerprint density at radius 3 is 2.12 bits per heavy atom. The Labute approximate surface area is 100 Å². The van der Waals surface area contributed by atoms with Crippen molar-refractivity contribution in [3.05, 3.63) is 35.9 Å². The Morgan fingerprint density at radius 2 is 1.69 bits per heavy atom. The fraction of sp³-hybridized carbons (Fsp3) is 0.538. The monoisotopic (exact) mass is 237 g/mol. The molecule has 0 radical (unpaired) electrons. The zero-order valence-corrected chi connectivity index (χ0v) is 11.9. The minimum absolute atomic E-state index is 0.151. The molecule has 1 aromatic rings. The van der Waals surface area contributed by atoms with Crippen LogP contribution >= 0.6 is 0 Å². The van der Waals surface area contributed by atoms with E-state index in [1.807, 2.05) is 13.1 Å². The van der Waals surface area contributed by atoms with Crippen LogP contribution in [-0.4, -0.2) is 21.4 Å². The average molecular weight is 237 g/mol. The van der Waals surface area contributed by atoms with Crippen LogP contribution in [0.2, 0.25) is 19.6 Å². The van der Waals surface area contributed by atoms with E-state index in [0.29, 0.717) is 6.04 Å². The van der Waals surface area contributed by atoms with Crippen molar-refractivity contribution in [2.75, 3.05) is 7.05 Å². The molecule has 0 aliphatic carbocycles. The summed E-state index contributed by atoms with van der Waals surface area (Å²) < 4.78 is 6.25. The van der Waals surface area contributed by atoms with E-state index in [1.165, 1.54) is 5.56 Å². The van der Waals surface area contributed by atoms with E-state index >= 15 is 0 Å². The quantitative estimate of drug-likeness (QED) is 0.794. The maximum Gasteiger partial charge on any atom is 0.184 e. The summed E-state index contributed by atoms with van der Waals surface area (Å²) in [5, 5.41) is 3.28. The maximum atomic E-state index is 6.25. The third-order valence-electron chi connectivity index (χ3n) is 2.52. The van der Waals surface area contributed by atoms with Gasteiger partial charge in [0.25, 0.3) is 0 Å². The minimum Gasteiger partial charge on any atom is -0.409 e. The van der Waals surface area contributed by atoms with Gasteiger partial charge in [-0.2, -0.15) is 0 Å². The molecule has 0 amide bonds. The smallest absolute Gasteiger partial charge is 0.184 e. The second kappa shape index (κ2) is 5.62. The summed E-state index contributed by atoms with van der Waals surface area (Å²) in [6.45, 7) is 8.85. The lowest BCUT2D eigenvalue weighted by Crippen LogP contribution is -2.37. The molecule has 1 rings (SSSR count). The Balaban J connectivity index is 2.88. The highest BCUT2D eigenvalue weighted by Crippen LogP contribution is 2.25. The first-order chi connectivity index (χ1) is 7.44. The van der Waals surface area contributed by atoms with Gasteiger partial charge < -0.3 is 9.74 Å². The lowest BCUT2D eigenvalue weighted by Gasteiger charge is -2.31. The van der Waals surface area contributed by atoms with Crippen LogP contribution in [-0.2, 0) is 4.43 Å². The molecule has 3 heteroatoms. The Morgan fingerprint density at radius 1 is 1.12 bits per heavy atom. The molecule has 0 unspecified atom stereocenters. The van der Waals surface area contributed by atoms with Gasteiger partial charge >= 0.3 is 0 Å². The molecule has 0 aliphatic rings. The van der Waals surface area contributed by atoms with Crippen LogP contribution in [0.1, 0.15) is 18.6 Å². The molecule has 90 valence electrons. The predicted octanol–water partition coefficient (Wildman–Crippen LogP) is 3.19. The van der Waals surface area contributed by atoms with Crippen molar-refractivity contribution in [2.24, 2.45) is 0 Å². The van der Waals surface area contributed by atoms with E-state index < -0.39 is 8.32 Å². The van der Waals surface area contributed by atoms with Crippen molar-refractivity contribution < 1.29 is 4.43 Å². The first kappa shape index (κ1) is 13.4. The third kappa shape index (κ3) is 4.08. The van der Waals surface area contributed by atoms with Gasteiger partial charge in [0.1, 0.15) is 0 Å². The molecule has 0 fully saturated rings. The van der Waals surface area contributed by atoms with E-state index in [2.05, 4.69) is 56.1 Å². The molecule has 0 spiro atoms. The van der Waals surface area contributed by atoms with Crippen molar-refractivity contribution in [1.29, 1.82) is 0 Å². The van der Waals surface area contributed by atoms with E-state index in [-0.39, 0.29) is 6.10 Å². The van der Waals surface area contributed by atoms with Crippen LogP contribution in [0.15, 0.2) is 30.3 Å². The summed E-state index contributed by atoms with van der Waals surface area (Å²) in [6, 6.07) is 10.8. The highest BCUT2D eigenvalue weighted by molar-refractivity contribution is 6.69. The van der Waals surface area contributed by atoms with Crippen LogP contribution in [0.4, 0.5) is 0 Å². The topological polar surface area (TPSA) is 21.3 Å². The number of hydrogen-bond acceptors (Lipinski definition) is 2. The van der Waals surface area contributed by atoms with Crippen LogP contribution in [0, 0.1) is 0 Å². The summed E-state index contributed by atoms with van der Waals surface area (Å²) in [6.07, 6.45) is 0.151. The first-order valence-electron chi connectivity index (χ1n) is 5.84. The fourth-order valence-electron chi connectivity index (χ4n) is 1.63. The fourth-order valence-corrected chi connectivity index (χ4v) is 2.74. The number of hydrogen-bond donors (Lipinski definition) is 1. The molecule has 1 aromatic carbocycles. The summed E-state index contributed by atoms with van der Waals surface area (Å²) >= 11 is 0. The average Bonchev–Trinajstić information content (AvgIpc) is 2.25. The van der Waals surface area contributed by atoms with Gasteiger partial charge in [-0.05, 0) is 39.2 Å².